The van der Waals surface area contributed by atoms with Crippen molar-refractivity contribution in [3.8, 4) is 11.3 Å². The summed E-state index contributed by atoms with van der Waals surface area (Å²) < 4.78 is 5.30. The van der Waals surface area contributed by atoms with Crippen LogP contribution in [0, 0.1) is 6.92 Å². The molecule has 0 bridgehead atoms. The minimum absolute atomic E-state index is 0.257. The number of hydrogen-bond donors (Lipinski definition) is 1. The second-order valence-electron chi connectivity index (χ2n) is 8.18. The third-order valence-electron chi connectivity index (χ3n) is 5.90. The highest BCUT2D eigenvalue weighted by atomic mass is 32.1. The molecule has 5 nitrogen and oxygen atoms in total. The lowest BCUT2D eigenvalue weighted by molar-refractivity contribution is 0.0527. The number of esters is 1. The van der Waals surface area contributed by atoms with Gasteiger partial charge in [0.2, 0.25) is 0 Å². The highest BCUT2D eigenvalue weighted by Crippen LogP contribution is 2.40. The molecule has 2 aromatic carbocycles. The topological polar surface area (TPSA) is 68.3 Å². The Morgan fingerprint density at radius 2 is 1.94 bits per heavy atom. The Hall–Kier alpha value is -3.51. The molecule has 1 aliphatic carbocycles. The Morgan fingerprint density at radius 1 is 1.09 bits per heavy atom. The zero-order chi connectivity index (χ0) is 22.9. The fraction of sp³-hybridized carbons (Fsp3) is 0.222. The number of thiophene rings is 1. The first-order chi connectivity index (χ1) is 16.0. The normalized spacial score (nSPS) is 12.5. The van der Waals surface area contributed by atoms with E-state index in [1.165, 1.54) is 11.3 Å². The van der Waals surface area contributed by atoms with Gasteiger partial charge in [0.05, 0.1) is 28.9 Å². The van der Waals surface area contributed by atoms with Gasteiger partial charge in [0.1, 0.15) is 5.00 Å². The maximum atomic E-state index is 13.6. The average molecular weight is 457 g/mol. The summed E-state index contributed by atoms with van der Waals surface area (Å²) in [5.41, 5.74) is 5.63. The van der Waals surface area contributed by atoms with Crippen LogP contribution in [0.15, 0.2) is 54.6 Å². The quantitative estimate of drug-likeness (QED) is 0.364. The van der Waals surface area contributed by atoms with Gasteiger partial charge in [0, 0.05) is 15.8 Å². The molecule has 0 radical (unpaired) electrons. The Morgan fingerprint density at radius 3 is 2.76 bits per heavy atom. The summed E-state index contributed by atoms with van der Waals surface area (Å²) in [5, 5.41) is 4.37. The van der Waals surface area contributed by atoms with E-state index in [-0.39, 0.29) is 11.9 Å². The number of aromatic nitrogens is 1. The first-order valence-corrected chi connectivity index (χ1v) is 12.0. The summed E-state index contributed by atoms with van der Waals surface area (Å²) in [6.45, 7) is 4.12. The molecule has 5 rings (SSSR count). The van der Waals surface area contributed by atoms with Gasteiger partial charge in [-0.05, 0) is 56.9 Å². The Labute approximate surface area is 196 Å². The van der Waals surface area contributed by atoms with Crippen LogP contribution in [0.3, 0.4) is 0 Å². The second kappa shape index (κ2) is 8.79. The molecule has 1 N–H and O–H groups in total. The molecule has 1 aliphatic rings. The number of fused-ring (bicyclic) bond motifs is 2. The van der Waals surface area contributed by atoms with Crippen LogP contribution in [0.4, 0.5) is 5.00 Å². The lowest BCUT2D eigenvalue weighted by atomic mass is 10.0. The van der Waals surface area contributed by atoms with Gasteiger partial charge in [0.15, 0.2) is 0 Å². The molecular formula is C27H24N2O3S. The van der Waals surface area contributed by atoms with Gasteiger partial charge in [0.25, 0.3) is 5.91 Å². The van der Waals surface area contributed by atoms with E-state index in [1.807, 2.05) is 55.5 Å². The number of ether oxygens (including phenoxy) is 1. The fourth-order valence-electron chi connectivity index (χ4n) is 4.40. The van der Waals surface area contributed by atoms with E-state index in [0.717, 1.165) is 57.4 Å². The fourth-order valence-corrected chi connectivity index (χ4v) is 5.67. The predicted octanol–water partition coefficient (Wildman–Crippen LogP) is 6.19. The summed E-state index contributed by atoms with van der Waals surface area (Å²) in [4.78, 5) is 32.2. The number of anilines is 1. The number of nitrogens with one attached hydrogen (secondary N) is 1. The molecule has 0 aliphatic heterocycles. The van der Waals surface area contributed by atoms with Crippen molar-refractivity contribution in [1.29, 1.82) is 0 Å². The van der Waals surface area contributed by atoms with Gasteiger partial charge < -0.3 is 10.1 Å². The molecule has 33 heavy (non-hydrogen) atoms. The predicted molar refractivity (Wildman–Crippen MR) is 132 cm³/mol. The number of carbonyl (C=O) groups excluding carboxylic acids is 2. The van der Waals surface area contributed by atoms with Crippen LogP contribution >= 0.6 is 11.3 Å². The van der Waals surface area contributed by atoms with Crippen LogP contribution in [-0.4, -0.2) is 23.5 Å². The monoisotopic (exact) mass is 456 g/mol. The SMILES string of the molecule is CCOC(=O)c1c(NC(=O)c2cc(-c3cccc(C)c3)nc3ccccc23)sc2c1CCC2. The minimum atomic E-state index is -0.368. The van der Waals surface area contributed by atoms with E-state index in [4.69, 9.17) is 9.72 Å². The molecule has 4 aromatic rings. The third-order valence-corrected chi connectivity index (χ3v) is 7.11. The van der Waals surface area contributed by atoms with Crippen LogP contribution in [0.1, 0.15) is 50.1 Å². The number of aryl methyl sites for hydroxylation is 2. The lowest BCUT2D eigenvalue weighted by Crippen LogP contribution is -2.16. The van der Waals surface area contributed by atoms with Gasteiger partial charge >= 0.3 is 5.97 Å². The van der Waals surface area contributed by atoms with Crippen LogP contribution in [0.5, 0.6) is 0 Å². The van der Waals surface area contributed by atoms with E-state index < -0.39 is 0 Å². The molecule has 2 heterocycles. The largest absolute Gasteiger partial charge is 0.462 e. The number of rotatable bonds is 5. The van der Waals surface area contributed by atoms with Crippen LogP contribution in [0.25, 0.3) is 22.2 Å². The van der Waals surface area contributed by atoms with Crippen LogP contribution < -0.4 is 5.32 Å². The van der Waals surface area contributed by atoms with E-state index in [1.54, 1.807) is 6.92 Å². The van der Waals surface area contributed by atoms with Crippen molar-refractivity contribution in [2.24, 2.45) is 0 Å². The zero-order valence-electron chi connectivity index (χ0n) is 18.6. The maximum absolute atomic E-state index is 13.6. The van der Waals surface area contributed by atoms with Crippen LogP contribution in [-0.2, 0) is 17.6 Å². The number of hydrogen-bond acceptors (Lipinski definition) is 5. The second-order valence-corrected chi connectivity index (χ2v) is 9.28. The number of benzene rings is 2. The Kier molecular flexibility index (Phi) is 5.68. The molecule has 0 saturated carbocycles. The molecule has 0 atom stereocenters. The number of nitrogens with zero attached hydrogens (tertiary/aromatic N) is 1. The van der Waals surface area contributed by atoms with Gasteiger partial charge in [-0.1, -0.05) is 42.0 Å². The summed E-state index contributed by atoms with van der Waals surface area (Å²) in [7, 11) is 0. The van der Waals surface area contributed by atoms with Crippen molar-refractivity contribution in [3.63, 3.8) is 0 Å². The van der Waals surface area contributed by atoms with E-state index in [2.05, 4.69) is 11.4 Å². The van der Waals surface area contributed by atoms with Crippen molar-refractivity contribution < 1.29 is 14.3 Å². The molecule has 2 aromatic heterocycles. The molecule has 1 amide bonds. The van der Waals surface area contributed by atoms with E-state index in [0.29, 0.717) is 22.7 Å². The van der Waals surface area contributed by atoms with Gasteiger partial charge in [-0.15, -0.1) is 11.3 Å². The van der Waals surface area contributed by atoms with Crippen molar-refractivity contribution in [1.82, 2.24) is 4.98 Å². The van der Waals surface area contributed by atoms with E-state index in [9.17, 15) is 9.59 Å². The van der Waals surface area contributed by atoms with Crippen LogP contribution in [0.2, 0.25) is 0 Å². The third kappa shape index (κ3) is 4.02. The first kappa shape index (κ1) is 21.3. The van der Waals surface area contributed by atoms with E-state index >= 15 is 0 Å². The molecule has 0 spiro atoms. The molecular weight excluding hydrogens is 432 g/mol. The highest BCUT2D eigenvalue weighted by molar-refractivity contribution is 7.17. The summed E-state index contributed by atoms with van der Waals surface area (Å²) in [5.74, 6) is -0.625. The van der Waals surface area contributed by atoms with Gasteiger partial charge in [-0.3, -0.25) is 4.79 Å². The maximum Gasteiger partial charge on any atom is 0.341 e. The Bertz CT molecular complexity index is 1390. The number of para-hydroxylation sites is 1. The highest BCUT2D eigenvalue weighted by Gasteiger charge is 2.29. The van der Waals surface area contributed by atoms with Crippen molar-refractivity contribution in [2.45, 2.75) is 33.1 Å². The molecule has 0 fully saturated rings. The van der Waals surface area contributed by atoms with Gasteiger partial charge in [-0.25, -0.2) is 9.78 Å². The summed E-state index contributed by atoms with van der Waals surface area (Å²) in [6.07, 6.45) is 2.79. The molecule has 166 valence electrons. The van der Waals surface area contributed by atoms with Gasteiger partial charge in [-0.2, -0.15) is 0 Å². The molecule has 0 unspecified atom stereocenters. The summed E-state index contributed by atoms with van der Waals surface area (Å²) in [6, 6.07) is 17.5. The van der Waals surface area contributed by atoms with Crippen molar-refractivity contribution in [2.75, 3.05) is 11.9 Å². The molecule has 6 heteroatoms. The first-order valence-electron chi connectivity index (χ1n) is 11.1. The van der Waals surface area contributed by atoms with Crippen molar-refractivity contribution in [3.05, 3.63) is 81.7 Å². The minimum Gasteiger partial charge on any atom is -0.462 e. The summed E-state index contributed by atoms with van der Waals surface area (Å²) >= 11 is 1.49. The number of amides is 1. The Balaban J connectivity index is 1.58. The number of carbonyl (C=O) groups is 2. The smallest absolute Gasteiger partial charge is 0.341 e. The average Bonchev–Trinajstić information content (AvgIpc) is 3.39. The number of pyridine rings is 1. The van der Waals surface area contributed by atoms with Crippen molar-refractivity contribution >= 4 is 39.1 Å². The molecule has 0 saturated heterocycles. The zero-order valence-corrected chi connectivity index (χ0v) is 19.4. The lowest BCUT2D eigenvalue weighted by Gasteiger charge is -2.12. The standard InChI is InChI=1S/C27H24N2O3S/c1-3-32-27(31)24-19-11-7-13-23(19)33-26(24)29-25(30)20-15-22(17-9-6-8-16(2)14-17)28-21-12-5-4-10-18(20)21/h4-6,8-10,12,14-15H,3,7,11,13H2,1-2H3,(H,29,30).